The van der Waals surface area contributed by atoms with Gasteiger partial charge in [0.2, 0.25) is 5.91 Å². The molecule has 23 heavy (non-hydrogen) atoms. The number of fused-ring (bicyclic) bond motifs is 1. The first-order chi connectivity index (χ1) is 11.1. The van der Waals surface area contributed by atoms with Gasteiger partial charge < -0.3 is 15.4 Å². The van der Waals surface area contributed by atoms with Gasteiger partial charge in [-0.05, 0) is 43.2 Å². The first-order valence-corrected chi connectivity index (χ1v) is 8.18. The Labute approximate surface area is 135 Å². The molecule has 122 valence electrons. The monoisotopic (exact) mass is 314 g/mol. The van der Waals surface area contributed by atoms with Crippen molar-refractivity contribution in [1.82, 2.24) is 10.3 Å². The van der Waals surface area contributed by atoms with E-state index < -0.39 is 5.97 Å². The number of nitrogens with one attached hydrogen (secondary N) is 2. The van der Waals surface area contributed by atoms with Crippen molar-refractivity contribution < 1.29 is 14.7 Å². The number of benzene rings is 1. The number of hydrogen-bond acceptors (Lipinski definition) is 2. The van der Waals surface area contributed by atoms with Crippen LogP contribution in [-0.4, -0.2) is 28.5 Å². The Morgan fingerprint density at radius 1 is 1.17 bits per heavy atom. The molecule has 1 aliphatic carbocycles. The summed E-state index contributed by atoms with van der Waals surface area (Å²) in [6.07, 6.45) is 5.46. The normalized spacial score (nSPS) is 21.2. The highest BCUT2D eigenvalue weighted by Crippen LogP contribution is 2.28. The van der Waals surface area contributed by atoms with E-state index in [1.54, 1.807) is 0 Å². The molecule has 0 spiro atoms. The summed E-state index contributed by atoms with van der Waals surface area (Å²) in [5.74, 6) is -0.465. The molecule has 1 aromatic heterocycles. The van der Waals surface area contributed by atoms with E-state index in [1.165, 1.54) is 0 Å². The average molecular weight is 314 g/mol. The van der Waals surface area contributed by atoms with Crippen LogP contribution in [-0.2, 0) is 16.0 Å². The van der Waals surface area contributed by atoms with Gasteiger partial charge in [0, 0.05) is 23.6 Å². The van der Waals surface area contributed by atoms with Gasteiger partial charge in [-0.1, -0.05) is 18.2 Å². The third-order valence-electron chi connectivity index (χ3n) is 4.81. The molecule has 0 aliphatic heterocycles. The lowest BCUT2D eigenvalue weighted by molar-refractivity contribution is -0.143. The Morgan fingerprint density at radius 3 is 2.65 bits per heavy atom. The highest BCUT2D eigenvalue weighted by Gasteiger charge is 2.26. The highest BCUT2D eigenvalue weighted by atomic mass is 16.4. The lowest BCUT2D eigenvalue weighted by Crippen LogP contribution is -2.33. The number of H-pyrrole nitrogens is 1. The smallest absolute Gasteiger partial charge is 0.306 e. The third kappa shape index (κ3) is 3.73. The first-order valence-electron chi connectivity index (χ1n) is 8.18. The zero-order valence-electron chi connectivity index (χ0n) is 13.0. The Bertz CT molecular complexity index is 699. The van der Waals surface area contributed by atoms with Crippen molar-refractivity contribution in [2.75, 3.05) is 6.54 Å². The number of aliphatic carboxylic acids is 1. The van der Waals surface area contributed by atoms with E-state index in [0.717, 1.165) is 42.1 Å². The lowest BCUT2D eigenvalue weighted by atomic mass is 9.82. The molecule has 1 saturated carbocycles. The fraction of sp³-hybridized carbons (Fsp3) is 0.444. The largest absolute Gasteiger partial charge is 0.481 e. The molecule has 1 heterocycles. The van der Waals surface area contributed by atoms with Crippen molar-refractivity contribution in [2.24, 2.45) is 11.8 Å². The molecule has 1 amide bonds. The molecule has 3 rings (SSSR count). The molecule has 1 aliphatic rings. The van der Waals surface area contributed by atoms with Gasteiger partial charge >= 0.3 is 5.97 Å². The van der Waals surface area contributed by atoms with E-state index >= 15 is 0 Å². The molecule has 0 radical (unpaired) electrons. The fourth-order valence-electron chi connectivity index (χ4n) is 3.39. The molecule has 3 N–H and O–H groups in total. The zero-order valence-corrected chi connectivity index (χ0v) is 13.0. The molecule has 2 aromatic rings. The van der Waals surface area contributed by atoms with Crippen LogP contribution >= 0.6 is 0 Å². The second-order valence-corrected chi connectivity index (χ2v) is 6.40. The molecule has 0 saturated heterocycles. The van der Waals surface area contributed by atoms with Crippen LogP contribution < -0.4 is 5.32 Å². The molecular weight excluding hydrogens is 292 g/mol. The maximum Gasteiger partial charge on any atom is 0.306 e. The standard InChI is InChI=1S/C18H22N2O3/c21-17(9-14-11-19-16-4-2-1-3-15(14)16)20-10-12-5-7-13(8-6-12)18(22)23/h1-4,11-13,19H,5-10H2,(H,20,21)(H,22,23). The van der Waals surface area contributed by atoms with Crippen LogP contribution in [0.3, 0.4) is 0 Å². The summed E-state index contributed by atoms with van der Waals surface area (Å²) in [6.45, 7) is 0.646. The van der Waals surface area contributed by atoms with Crippen molar-refractivity contribution in [3.63, 3.8) is 0 Å². The van der Waals surface area contributed by atoms with Crippen LogP contribution in [0.1, 0.15) is 31.2 Å². The molecule has 1 aromatic carbocycles. The minimum Gasteiger partial charge on any atom is -0.481 e. The van der Waals surface area contributed by atoms with Crippen LogP contribution in [0.4, 0.5) is 0 Å². The van der Waals surface area contributed by atoms with E-state index in [-0.39, 0.29) is 11.8 Å². The fourth-order valence-corrected chi connectivity index (χ4v) is 3.39. The first kappa shape index (κ1) is 15.6. The van der Waals surface area contributed by atoms with Gasteiger partial charge in [0.15, 0.2) is 0 Å². The van der Waals surface area contributed by atoms with E-state index in [4.69, 9.17) is 5.11 Å². The lowest BCUT2D eigenvalue weighted by Gasteiger charge is -2.26. The molecule has 0 bridgehead atoms. The van der Waals surface area contributed by atoms with Crippen LogP contribution in [0, 0.1) is 11.8 Å². The number of aromatic nitrogens is 1. The minimum absolute atomic E-state index is 0.0233. The van der Waals surface area contributed by atoms with E-state index in [0.29, 0.717) is 18.9 Å². The number of carboxylic acids is 1. The van der Waals surface area contributed by atoms with E-state index in [9.17, 15) is 9.59 Å². The number of aromatic amines is 1. The number of carboxylic acid groups (broad SMARTS) is 1. The van der Waals surface area contributed by atoms with E-state index in [2.05, 4.69) is 10.3 Å². The summed E-state index contributed by atoms with van der Waals surface area (Å²) in [6, 6.07) is 7.95. The summed E-state index contributed by atoms with van der Waals surface area (Å²) in [4.78, 5) is 26.3. The van der Waals surface area contributed by atoms with Crippen LogP contribution in [0.25, 0.3) is 10.9 Å². The topological polar surface area (TPSA) is 82.2 Å². The van der Waals surface area contributed by atoms with Crippen molar-refractivity contribution >= 4 is 22.8 Å². The number of para-hydroxylation sites is 1. The number of hydrogen-bond donors (Lipinski definition) is 3. The second kappa shape index (κ2) is 6.86. The third-order valence-corrected chi connectivity index (χ3v) is 4.81. The predicted octanol–water partition coefficient (Wildman–Crippen LogP) is 2.72. The van der Waals surface area contributed by atoms with Gasteiger partial charge in [0.1, 0.15) is 0 Å². The summed E-state index contributed by atoms with van der Waals surface area (Å²) in [5, 5.41) is 13.1. The summed E-state index contributed by atoms with van der Waals surface area (Å²) >= 11 is 0. The average Bonchev–Trinajstić information content (AvgIpc) is 2.96. The molecule has 1 fully saturated rings. The summed E-state index contributed by atoms with van der Waals surface area (Å²) in [5.41, 5.74) is 2.05. The Morgan fingerprint density at radius 2 is 1.91 bits per heavy atom. The zero-order chi connectivity index (χ0) is 16.2. The molecular formula is C18H22N2O3. The SMILES string of the molecule is O=C(Cc1c[nH]c2ccccc12)NCC1CCC(C(=O)O)CC1. The number of rotatable bonds is 5. The van der Waals surface area contributed by atoms with Crippen molar-refractivity contribution in [1.29, 1.82) is 0 Å². The maximum atomic E-state index is 12.2. The quantitative estimate of drug-likeness (QED) is 0.793. The van der Waals surface area contributed by atoms with E-state index in [1.807, 2.05) is 30.5 Å². The number of carbonyl (C=O) groups is 2. The minimum atomic E-state index is -0.688. The van der Waals surface area contributed by atoms with Crippen LogP contribution in [0.5, 0.6) is 0 Å². The molecule has 5 heteroatoms. The maximum absolute atomic E-state index is 12.2. The van der Waals surface area contributed by atoms with Crippen molar-refractivity contribution in [3.8, 4) is 0 Å². The van der Waals surface area contributed by atoms with Crippen LogP contribution in [0.2, 0.25) is 0 Å². The molecule has 5 nitrogen and oxygen atoms in total. The van der Waals surface area contributed by atoms with Gasteiger partial charge in [-0.25, -0.2) is 0 Å². The van der Waals surface area contributed by atoms with Gasteiger partial charge in [0.05, 0.1) is 12.3 Å². The Hall–Kier alpha value is -2.30. The summed E-state index contributed by atoms with van der Waals surface area (Å²) < 4.78 is 0. The van der Waals surface area contributed by atoms with Gasteiger partial charge in [-0.3, -0.25) is 9.59 Å². The summed E-state index contributed by atoms with van der Waals surface area (Å²) in [7, 11) is 0. The van der Waals surface area contributed by atoms with Gasteiger partial charge in [-0.2, -0.15) is 0 Å². The van der Waals surface area contributed by atoms with Crippen molar-refractivity contribution in [3.05, 3.63) is 36.0 Å². The predicted molar refractivity (Wildman–Crippen MR) is 88.1 cm³/mol. The number of carbonyl (C=O) groups excluding carboxylic acids is 1. The van der Waals surface area contributed by atoms with Gasteiger partial charge in [0.25, 0.3) is 0 Å². The van der Waals surface area contributed by atoms with Gasteiger partial charge in [-0.15, -0.1) is 0 Å². The van der Waals surface area contributed by atoms with Crippen LogP contribution in [0.15, 0.2) is 30.5 Å². The Balaban J connectivity index is 1.48. The Kier molecular flexibility index (Phi) is 4.65. The molecule has 0 atom stereocenters. The van der Waals surface area contributed by atoms with Crippen molar-refractivity contribution in [2.45, 2.75) is 32.1 Å². The highest BCUT2D eigenvalue weighted by molar-refractivity contribution is 5.88. The second-order valence-electron chi connectivity index (χ2n) is 6.40. The number of amides is 1. The molecule has 0 unspecified atom stereocenters.